The Hall–Kier alpha value is -2.88. The molecule has 0 saturated heterocycles. The fraction of sp³-hybridized carbons (Fsp3) is 0.0588. The SMILES string of the molecule is c1ccc2c(CNc3ccn4nccc4n3)cccc2c1. The van der Waals surface area contributed by atoms with E-state index in [2.05, 4.69) is 57.9 Å². The second-order valence-electron chi connectivity index (χ2n) is 4.94. The van der Waals surface area contributed by atoms with Crippen LogP contribution in [0.3, 0.4) is 0 Å². The second-order valence-corrected chi connectivity index (χ2v) is 4.94. The minimum atomic E-state index is 0.749. The van der Waals surface area contributed by atoms with Crippen LogP contribution in [0.1, 0.15) is 5.56 Å². The molecule has 0 radical (unpaired) electrons. The van der Waals surface area contributed by atoms with E-state index in [1.54, 1.807) is 10.7 Å². The molecule has 0 aliphatic carbocycles. The summed E-state index contributed by atoms with van der Waals surface area (Å²) in [5, 5.41) is 10.1. The van der Waals surface area contributed by atoms with Gasteiger partial charge in [-0.1, -0.05) is 42.5 Å². The smallest absolute Gasteiger partial charge is 0.157 e. The molecule has 0 fully saturated rings. The van der Waals surface area contributed by atoms with Crippen LogP contribution >= 0.6 is 0 Å². The van der Waals surface area contributed by atoms with Gasteiger partial charge in [0.05, 0.1) is 6.20 Å². The van der Waals surface area contributed by atoms with Gasteiger partial charge in [0.15, 0.2) is 5.65 Å². The van der Waals surface area contributed by atoms with Crippen LogP contribution in [0, 0.1) is 0 Å². The van der Waals surface area contributed by atoms with Crippen molar-refractivity contribution in [1.29, 1.82) is 0 Å². The van der Waals surface area contributed by atoms with E-state index in [9.17, 15) is 0 Å². The molecule has 4 aromatic rings. The highest BCUT2D eigenvalue weighted by Gasteiger charge is 2.02. The molecule has 2 aromatic heterocycles. The predicted molar refractivity (Wildman–Crippen MR) is 84.3 cm³/mol. The molecule has 102 valence electrons. The molecule has 0 saturated carbocycles. The molecule has 21 heavy (non-hydrogen) atoms. The number of anilines is 1. The average molecular weight is 274 g/mol. The van der Waals surface area contributed by atoms with Gasteiger partial charge in [-0.05, 0) is 22.4 Å². The monoisotopic (exact) mass is 274 g/mol. The maximum Gasteiger partial charge on any atom is 0.157 e. The van der Waals surface area contributed by atoms with Gasteiger partial charge in [0, 0.05) is 18.8 Å². The van der Waals surface area contributed by atoms with Crippen LogP contribution in [0.4, 0.5) is 5.82 Å². The van der Waals surface area contributed by atoms with Crippen molar-refractivity contribution >= 4 is 22.2 Å². The number of hydrogen-bond acceptors (Lipinski definition) is 3. The summed E-state index contributed by atoms with van der Waals surface area (Å²) in [7, 11) is 0. The van der Waals surface area contributed by atoms with E-state index >= 15 is 0 Å². The minimum Gasteiger partial charge on any atom is -0.366 e. The molecule has 4 nitrogen and oxygen atoms in total. The van der Waals surface area contributed by atoms with Gasteiger partial charge in [-0.15, -0.1) is 0 Å². The Morgan fingerprint density at radius 1 is 0.952 bits per heavy atom. The topological polar surface area (TPSA) is 42.2 Å². The third-order valence-corrected chi connectivity index (χ3v) is 3.60. The summed E-state index contributed by atoms with van der Waals surface area (Å²) in [6.07, 6.45) is 3.66. The van der Waals surface area contributed by atoms with Crippen LogP contribution in [-0.2, 0) is 6.54 Å². The first-order valence-electron chi connectivity index (χ1n) is 6.91. The van der Waals surface area contributed by atoms with E-state index in [0.717, 1.165) is 18.0 Å². The molecule has 4 rings (SSSR count). The molecular weight excluding hydrogens is 260 g/mol. The number of benzene rings is 2. The Kier molecular flexibility index (Phi) is 2.78. The second kappa shape index (κ2) is 4.90. The van der Waals surface area contributed by atoms with E-state index < -0.39 is 0 Å². The van der Waals surface area contributed by atoms with Crippen LogP contribution in [-0.4, -0.2) is 14.6 Å². The zero-order chi connectivity index (χ0) is 14.1. The van der Waals surface area contributed by atoms with Crippen molar-refractivity contribution in [3.63, 3.8) is 0 Å². The molecule has 0 unspecified atom stereocenters. The van der Waals surface area contributed by atoms with Crippen LogP contribution < -0.4 is 5.32 Å². The zero-order valence-corrected chi connectivity index (χ0v) is 11.4. The quantitative estimate of drug-likeness (QED) is 0.622. The van der Waals surface area contributed by atoms with Gasteiger partial charge in [-0.25, -0.2) is 9.50 Å². The molecular formula is C17H14N4. The van der Waals surface area contributed by atoms with Gasteiger partial charge < -0.3 is 5.32 Å². The minimum absolute atomic E-state index is 0.749. The molecule has 4 heteroatoms. The maximum absolute atomic E-state index is 4.52. The summed E-state index contributed by atoms with van der Waals surface area (Å²) in [6, 6.07) is 18.6. The highest BCUT2D eigenvalue weighted by atomic mass is 15.2. The number of nitrogens with zero attached hydrogens (tertiary/aromatic N) is 3. The van der Waals surface area contributed by atoms with E-state index in [0.29, 0.717) is 0 Å². The largest absolute Gasteiger partial charge is 0.366 e. The summed E-state index contributed by atoms with van der Waals surface area (Å²) in [4.78, 5) is 4.52. The van der Waals surface area contributed by atoms with Crippen molar-refractivity contribution in [1.82, 2.24) is 14.6 Å². The van der Waals surface area contributed by atoms with Gasteiger partial charge in [0.2, 0.25) is 0 Å². The molecule has 2 aromatic carbocycles. The van der Waals surface area contributed by atoms with Crippen molar-refractivity contribution in [2.75, 3.05) is 5.32 Å². The molecule has 0 aliphatic rings. The van der Waals surface area contributed by atoms with Crippen molar-refractivity contribution in [3.05, 3.63) is 72.6 Å². The van der Waals surface area contributed by atoms with Crippen LogP contribution in [0.15, 0.2) is 67.0 Å². The first-order chi connectivity index (χ1) is 10.4. The van der Waals surface area contributed by atoms with Crippen molar-refractivity contribution in [2.45, 2.75) is 6.54 Å². The highest BCUT2D eigenvalue weighted by molar-refractivity contribution is 5.85. The fourth-order valence-electron chi connectivity index (χ4n) is 2.54. The third kappa shape index (κ3) is 2.21. The number of rotatable bonds is 3. The highest BCUT2D eigenvalue weighted by Crippen LogP contribution is 2.19. The Bertz CT molecular complexity index is 905. The van der Waals surface area contributed by atoms with Crippen molar-refractivity contribution in [3.8, 4) is 0 Å². The number of hydrogen-bond donors (Lipinski definition) is 1. The van der Waals surface area contributed by atoms with E-state index in [1.165, 1.54) is 16.3 Å². The summed E-state index contributed by atoms with van der Waals surface area (Å²) in [5.74, 6) is 0.857. The third-order valence-electron chi connectivity index (χ3n) is 3.60. The Balaban J connectivity index is 1.63. The zero-order valence-electron chi connectivity index (χ0n) is 11.4. The number of aromatic nitrogens is 3. The lowest BCUT2D eigenvalue weighted by molar-refractivity contribution is 0.936. The first kappa shape index (κ1) is 11.9. The van der Waals surface area contributed by atoms with Crippen LogP contribution in [0.25, 0.3) is 16.4 Å². The van der Waals surface area contributed by atoms with Crippen molar-refractivity contribution < 1.29 is 0 Å². The van der Waals surface area contributed by atoms with E-state index in [-0.39, 0.29) is 0 Å². The lowest BCUT2D eigenvalue weighted by atomic mass is 10.0. The van der Waals surface area contributed by atoms with Crippen molar-refractivity contribution in [2.24, 2.45) is 0 Å². The summed E-state index contributed by atoms with van der Waals surface area (Å²) < 4.78 is 1.75. The Morgan fingerprint density at radius 2 is 1.86 bits per heavy atom. The summed E-state index contributed by atoms with van der Waals surface area (Å²) >= 11 is 0. The van der Waals surface area contributed by atoms with Crippen LogP contribution in [0.2, 0.25) is 0 Å². The van der Waals surface area contributed by atoms with E-state index in [1.807, 2.05) is 18.3 Å². The van der Waals surface area contributed by atoms with Gasteiger partial charge in [0.25, 0.3) is 0 Å². The molecule has 2 heterocycles. The lowest BCUT2D eigenvalue weighted by Crippen LogP contribution is -2.03. The first-order valence-corrected chi connectivity index (χ1v) is 6.91. The lowest BCUT2D eigenvalue weighted by Gasteiger charge is -2.09. The molecule has 0 spiro atoms. The standard InChI is InChI=1S/C17H14N4/c1-2-7-15-13(4-1)5-3-6-14(15)12-18-16-9-11-21-17(20-16)8-10-19-21/h1-11H,12H2,(H,18,20). The Labute approximate surface area is 122 Å². The molecule has 0 bridgehead atoms. The summed E-state index contributed by atoms with van der Waals surface area (Å²) in [6.45, 7) is 0.749. The Morgan fingerprint density at radius 3 is 2.86 bits per heavy atom. The number of nitrogens with one attached hydrogen (secondary N) is 1. The predicted octanol–water partition coefficient (Wildman–Crippen LogP) is 3.49. The summed E-state index contributed by atoms with van der Waals surface area (Å²) in [5.41, 5.74) is 2.11. The van der Waals surface area contributed by atoms with Gasteiger partial charge >= 0.3 is 0 Å². The molecule has 0 aliphatic heterocycles. The molecule has 0 amide bonds. The number of fused-ring (bicyclic) bond motifs is 2. The van der Waals surface area contributed by atoms with Gasteiger partial charge in [-0.3, -0.25) is 0 Å². The molecule has 1 N–H and O–H groups in total. The fourth-order valence-corrected chi connectivity index (χ4v) is 2.54. The normalized spacial score (nSPS) is 11.0. The van der Waals surface area contributed by atoms with E-state index in [4.69, 9.17) is 0 Å². The van der Waals surface area contributed by atoms with Crippen LogP contribution in [0.5, 0.6) is 0 Å². The maximum atomic E-state index is 4.52. The van der Waals surface area contributed by atoms with Gasteiger partial charge in [-0.2, -0.15) is 5.10 Å². The average Bonchev–Trinajstić information content (AvgIpc) is 3.00. The molecule has 0 atom stereocenters. The van der Waals surface area contributed by atoms with Gasteiger partial charge in [0.1, 0.15) is 5.82 Å².